The zero-order chi connectivity index (χ0) is 15.4. The number of hydrogen-bond donors (Lipinski definition) is 1. The van der Waals surface area contributed by atoms with Crippen molar-refractivity contribution in [1.29, 1.82) is 0 Å². The van der Waals surface area contributed by atoms with Crippen LogP contribution in [0.3, 0.4) is 0 Å². The van der Waals surface area contributed by atoms with Gasteiger partial charge in [-0.05, 0) is 47.9 Å². The normalized spacial score (nSPS) is 11.9. The minimum absolute atomic E-state index is 0.597. The van der Waals surface area contributed by atoms with Gasteiger partial charge in [0.25, 0.3) is 0 Å². The van der Waals surface area contributed by atoms with Gasteiger partial charge in [0.15, 0.2) is 11.5 Å². The summed E-state index contributed by atoms with van der Waals surface area (Å²) >= 11 is 0. The van der Waals surface area contributed by atoms with Gasteiger partial charge in [0, 0.05) is 0 Å². The molecule has 1 N–H and O–H groups in total. The van der Waals surface area contributed by atoms with Gasteiger partial charge in [0.05, 0.1) is 21.3 Å². The van der Waals surface area contributed by atoms with E-state index in [2.05, 4.69) is 0 Å². The lowest BCUT2D eigenvalue weighted by molar-refractivity contribution is 0.218. The lowest BCUT2D eigenvalue weighted by atomic mass is 9.97. The van der Waals surface area contributed by atoms with Crippen molar-refractivity contribution in [1.82, 2.24) is 0 Å². The summed E-state index contributed by atoms with van der Waals surface area (Å²) in [6.45, 7) is 1.95. The molecule has 2 aromatic carbocycles. The average molecular weight is 288 g/mol. The van der Waals surface area contributed by atoms with Gasteiger partial charge < -0.3 is 19.3 Å². The molecule has 0 aliphatic heterocycles. The molecule has 4 heteroatoms. The molecule has 2 aromatic rings. The van der Waals surface area contributed by atoms with E-state index < -0.39 is 6.10 Å². The molecule has 21 heavy (non-hydrogen) atoms. The van der Waals surface area contributed by atoms with E-state index in [9.17, 15) is 5.11 Å². The van der Waals surface area contributed by atoms with Crippen molar-refractivity contribution in [3.8, 4) is 17.2 Å². The van der Waals surface area contributed by atoms with E-state index in [0.29, 0.717) is 11.5 Å². The van der Waals surface area contributed by atoms with Crippen LogP contribution in [0, 0.1) is 6.92 Å². The standard InChI is InChI=1S/C17H20O4/c1-11-9-13(19-2)6-7-14(11)17(18)12-5-8-15(20-3)16(10-12)21-4/h5-10,17-18H,1-4H3. The van der Waals surface area contributed by atoms with Crippen LogP contribution in [0.5, 0.6) is 17.2 Å². The molecule has 0 radical (unpaired) electrons. The molecule has 0 heterocycles. The van der Waals surface area contributed by atoms with Gasteiger partial charge in [0.1, 0.15) is 11.9 Å². The van der Waals surface area contributed by atoms with E-state index in [1.165, 1.54) is 0 Å². The van der Waals surface area contributed by atoms with E-state index in [1.807, 2.05) is 31.2 Å². The Bertz CT molecular complexity index is 622. The zero-order valence-electron chi connectivity index (χ0n) is 12.7. The Balaban J connectivity index is 2.37. The van der Waals surface area contributed by atoms with Crippen LogP contribution < -0.4 is 14.2 Å². The van der Waals surface area contributed by atoms with Crippen LogP contribution in [0.25, 0.3) is 0 Å². The van der Waals surface area contributed by atoms with E-state index >= 15 is 0 Å². The lowest BCUT2D eigenvalue weighted by Crippen LogP contribution is -2.03. The first-order chi connectivity index (χ1) is 10.1. The Morgan fingerprint density at radius 2 is 1.57 bits per heavy atom. The quantitative estimate of drug-likeness (QED) is 0.918. The molecule has 0 fully saturated rings. The Hall–Kier alpha value is -2.20. The highest BCUT2D eigenvalue weighted by atomic mass is 16.5. The van der Waals surface area contributed by atoms with Gasteiger partial charge in [-0.25, -0.2) is 0 Å². The van der Waals surface area contributed by atoms with Crippen LogP contribution in [0.4, 0.5) is 0 Å². The van der Waals surface area contributed by atoms with Crippen molar-refractivity contribution in [2.24, 2.45) is 0 Å². The molecule has 1 atom stereocenters. The van der Waals surface area contributed by atoms with Crippen molar-refractivity contribution in [2.75, 3.05) is 21.3 Å². The molecule has 0 aliphatic rings. The molecule has 2 rings (SSSR count). The van der Waals surface area contributed by atoms with Gasteiger partial charge >= 0.3 is 0 Å². The molecular weight excluding hydrogens is 268 g/mol. The number of ether oxygens (including phenoxy) is 3. The third kappa shape index (κ3) is 3.11. The number of aryl methyl sites for hydroxylation is 1. The lowest BCUT2D eigenvalue weighted by Gasteiger charge is -2.17. The first-order valence-electron chi connectivity index (χ1n) is 6.65. The molecule has 112 valence electrons. The summed E-state index contributed by atoms with van der Waals surface area (Å²) in [6.07, 6.45) is -0.726. The number of aliphatic hydroxyl groups excluding tert-OH is 1. The second-order valence-electron chi connectivity index (χ2n) is 4.74. The summed E-state index contributed by atoms with van der Waals surface area (Å²) in [7, 11) is 4.79. The third-order valence-corrected chi connectivity index (χ3v) is 3.49. The molecule has 0 amide bonds. The summed E-state index contributed by atoms with van der Waals surface area (Å²) in [6, 6.07) is 11.0. The van der Waals surface area contributed by atoms with Gasteiger partial charge in [-0.15, -0.1) is 0 Å². The minimum Gasteiger partial charge on any atom is -0.497 e. The fourth-order valence-corrected chi connectivity index (χ4v) is 2.28. The molecule has 1 unspecified atom stereocenters. The first-order valence-corrected chi connectivity index (χ1v) is 6.65. The molecule has 0 saturated heterocycles. The maximum Gasteiger partial charge on any atom is 0.161 e. The molecule has 0 bridgehead atoms. The SMILES string of the molecule is COc1ccc(C(O)c2ccc(OC)c(OC)c2)c(C)c1. The number of benzene rings is 2. The third-order valence-electron chi connectivity index (χ3n) is 3.49. The Kier molecular flexibility index (Phi) is 4.70. The monoisotopic (exact) mass is 288 g/mol. The topological polar surface area (TPSA) is 47.9 Å². The van der Waals surface area contributed by atoms with Crippen LogP contribution >= 0.6 is 0 Å². The Morgan fingerprint density at radius 1 is 0.857 bits per heavy atom. The summed E-state index contributed by atoms with van der Waals surface area (Å²) in [5.41, 5.74) is 2.56. The number of rotatable bonds is 5. The van der Waals surface area contributed by atoms with Gasteiger partial charge in [0.2, 0.25) is 0 Å². The predicted octanol–water partition coefficient (Wildman–Crippen LogP) is 3.10. The first kappa shape index (κ1) is 15.2. The van der Waals surface area contributed by atoms with E-state index in [0.717, 1.165) is 22.4 Å². The highest BCUT2D eigenvalue weighted by Gasteiger charge is 2.16. The maximum absolute atomic E-state index is 10.6. The van der Waals surface area contributed by atoms with Crippen molar-refractivity contribution in [3.63, 3.8) is 0 Å². The second-order valence-corrected chi connectivity index (χ2v) is 4.74. The summed E-state index contributed by atoms with van der Waals surface area (Å²) < 4.78 is 15.7. The van der Waals surface area contributed by atoms with Crippen LogP contribution in [-0.2, 0) is 0 Å². The molecule has 4 nitrogen and oxygen atoms in total. The maximum atomic E-state index is 10.6. The molecule has 0 spiro atoms. The molecular formula is C17H20O4. The number of aliphatic hydroxyl groups is 1. The van der Waals surface area contributed by atoms with E-state index in [-0.39, 0.29) is 0 Å². The Labute approximate surface area is 124 Å². The second kappa shape index (κ2) is 6.50. The summed E-state index contributed by atoms with van der Waals surface area (Å²) in [5, 5.41) is 10.6. The summed E-state index contributed by atoms with van der Waals surface area (Å²) in [5.74, 6) is 2.01. The fourth-order valence-electron chi connectivity index (χ4n) is 2.28. The van der Waals surface area contributed by atoms with Crippen molar-refractivity contribution in [3.05, 3.63) is 53.1 Å². The van der Waals surface area contributed by atoms with E-state index in [1.54, 1.807) is 33.5 Å². The van der Waals surface area contributed by atoms with Crippen molar-refractivity contribution >= 4 is 0 Å². The largest absolute Gasteiger partial charge is 0.497 e. The van der Waals surface area contributed by atoms with Crippen molar-refractivity contribution in [2.45, 2.75) is 13.0 Å². The zero-order valence-corrected chi connectivity index (χ0v) is 12.7. The predicted molar refractivity (Wildman–Crippen MR) is 81.3 cm³/mol. The minimum atomic E-state index is -0.726. The average Bonchev–Trinajstić information content (AvgIpc) is 2.53. The van der Waals surface area contributed by atoms with Crippen LogP contribution in [-0.4, -0.2) is 26.4 Å². The Morgan fingerprint density at radius 3 is 2.14 bits per heavy atom. The number of hydrogen-bond acceptors (Lipinski definition) is 4. The van der Waals surface area contributed by atoms with Gasteiger partial charge in [-0.1, -0.05) is 12.1 Å². The highest BCUT2D eigenvalue weighted by molar-refractivity contribution is 5.47. The van der Waals surface area contributed by atoms with Crippen LogP contribution in [0.2, 0.25) is 0 Å². The van der Waals surface area contributed by atoms with Gasteiger partial charge in [-0.3, -0.25) is 0 Å². The van der Waals surface area contributed by atoms with Gasteiger partial charge in [-0.2, -0.15) is 0 Å². The number of methoxy groups -OCH3 is 3. The smallest absolute Gasteiger partial charge is 0.161 e. The molecule has 0 aromatic heterocycles. The van der Waals surface area contributed by atoms with Crippen LogP contribution in [0.1, 0.15) is 22.8 Å². The summed E-state index contributed by atoms with van der Waals surface area (Å²) in [4.78, 5) is 0. The molecule has 0 saturated carbocycles. The van der Waals surface area contributed by atoms with E-state index in [4.69, 9.17) is 14.2 Å². The van der Waals surface area contributed by atoms with Crippen molar-refractivity contribution < 1.29 is 19.3 Å². The fraction of sp³-hybridized carbons (Fsp3) is 0.294. The molecule has 0 aliphatic carbocycles. The van der Waals surface area contributed by atoms with Crippen LogP contribution in [0.15, 0.2) is 36.4 Å². The highest BCUT2D eigenvalue weighted by Crippen LogP contribution is 2.33.